The van der Waals surface area contributed by atoms with Crippen LogP contribution >= 0.6 is 7.14 Å². The maximum absolute atomic E-state index is 14.8. The molecule has 1 aromatic carbocycles. The molecule has 2 aromatic heterocycles. The molecule has 0 spiro atoms. The highest BCUT2D eigenvalue weighted by Crippen LogP contribution is 2.48. The summed E-state index contributed by atoms with van der Waals surface area (Å²) < 4.78 is 81.5. The van der Waals surface area contributed by atoms with E-state index < -0.39 is 55.7 Å². The van der Waals surface area contributed by atoms with Gasteiger partial charge in [-0.05, 0) is 19.9 Å². The number of aromatic nitrogens is 3. The molecule has 39 heavy (non-hydrogen) atoms. The second-order valence-electron chi connectivity index (χ2n) is 10.2. The number of alkyl halides is 4. The lowest BCUT2D eigenvalue weighted by Gasteiger charge is -2.39. The Kier molecular flexibility index (Phi) is 7.11. The van der Waals surface area contributed by atoms with Crippen LogP contribution in [0.25, 0.3) is 10.9 Å². The van der Waals surface area contributed by atoms with Gasteiger partial charge in [-0.3, -0.25) is 9.78 Å². The van der Waals surface area contributed by atoms with E-state index in [1.165, 1.54) is 23.2 Å². The summed E-state index contributed by atoms with van der Waals surface area (Å²) in [5.41, 5.74) is 0.131. The van der Waals surface area contributed by atoms with E-state index in [-0.39, 0.29) is 36.9 Å². The third-order valence-electron chi connectivity index (χ3n) is 7.42. The third kappa shape index (κ3) is 5.35. The first-order valence-electron chi connectivity index (χ1n) is 12.6. The summed E-state index contributed by atoms with van der Waals surface area (Å²) in [6.45, 7) is 3.65. The van der Waals surface area contributed by atoms with Gasteiger partial charge in [0.15, 0.2) is 0 Å². The van der Waals surface area contributed by atoms with Gasteiger partial charge >= 0.3 is 0 Å². The Morgan fingerprint density at radius 1 is 1.15 bits per heavy atom. The summed E-state index contributed by atoms with van der Waals surface area (Å²) in [5.74, 6) is -4.11. The zero-order chi connectivity index (χ0) is 28.1. The lowest BCUT2D eigenvalue weighted by atomic mass is 9.80. The second-order valence-corrected chi connectivity index (χ2v) is 13.4. The molecule has 13 heteroatoms. The van der Waals surface area contributed by atoms with Gasteiger partial charge in [0.25, 0.3) is 6.43 Å². The largest absolute Gasteiger partial charge is 0.363 e. The van der Waals surface area contributed by atoms with Crippen molar-refractivity contribution in [1.82, 2.24) is 19.9 Å². The van der Waals surface area contributed by atoms with E-state index in [1.807, 2.05) is 0 Å². The minimum atomic E-state index is -3.02. The number of nitrogens with one attached hydrogen (secondary N) is 1. The maximum atomic E-state index is 14.8. The first-order chi connectivity index (χ1) is 18.4. The molecule has 5 rings (SSSR count). The summed E-state index contributed by atoms with van der Waals surface area (Å²) in [6, 6.07) is 4.70. The van der Waals surface area contributed by atoms with Crippen LogP contribution in [0.1, 0.15) is 49.2 Å². The number of fused-ring (bicyclic) bond motifs is 1. The minimum Gasteiger partial charge on any atom is -0.363 e. The summed E-state index contributed by atoms with van der Waals surface area (Å²) >= 11 is 0. The predicted molar refractivity (Wildman–Crippen MR) is 137 cm³/mol. The fraction of sp³-hybridized carbons (Fsp3) is 0.462. The molecule has 0 bridgehead atoms. The van der Waals surface area contributed by atoms with Crippen molar-refractivity contribution in [2.45, 2.75) is 45.1 Å². The smallest absolute Gasteiger partial charge is 0.266 e. The molecule has 7 nitrogen and oxygen atoms in total. The molecular formula is C26H27F5N5O2P. The van der Waals surface area contributed by atoms with E-state index in [0.717, 1.165) is 6.07 Å². The first kappa shape index (κ1) is 27.4. The fourth-order valence-electron chi connectivity index (χ4n) is 5.16. The number of aryl methyl sites for hydroxylation is 1. The molecule has 208 valence electrons. The monoisotopic (exact) mass is 567 g/mol. The summed E-state index contributed by atoms with van der Waals surface area (Å²) in [6.07, 6.45) is -2.05. The molecule has 1 amide bonds. The van der Waals surface area contributed by atoms with Crippen LogP contribution in [-0.4, -0.2) is 57.1 Å². The topological polar surface area (TPSA) is 88.1 Å². The minimum absolute atomic E-state index is 0.0422. The number of pyridine rings is 1. The van der Waals surface area contributed by atoms with Gasteiger partial charge in [-0.1, -0.05) is 18.2 Å². The van der Waals surface area contributed by atoms with Crippen molar-refractivity contribution >= 4 is 35.2 Å². The molecule has 1 atom stereocenters. The predicted octanol–water partition coefficient (Wildman–Crippen LogP) is 5.46. The van der Waals surface area contributed by atoms with Crippen molar-refractivity contribution in [1.29, 1.82) is 0 Å². The Morgan fingerprint density at radius 3 is 2.46 bits per heavy atom. The molecule has 2 fully saturated rings. The number of rotatable bonds is 6. The van der Waals surface area contributed by atoms with Crippen LogP contribution in [0.4, 0.5) is 27.8 Å². The number of carbonyl (C=O) groups is 1. The lowest BCUT2D eigenvalue weighted by molar-refractivity contribution is -0.159. The van der Waals surface area contributed by atoms with Crippen LogP contribution in [-0.2, 0) is 9.36 Å². The molecule has 0 radical (unpaired) electrons. The average Bonchev–Trinajstić information content (AvgIpc) is 2.86. The highest BCUT2D eigenvalue weighted by molar-refractivity contribution is 7.71. The number of benzene rings is 1. The molecule has 1 saturated heterocycles. The van der Waals surface area contributed by atoms with E-state index in [2.05, 4.69) is 20.3 Å². The van der Waals surface area contributed by atoms with Gasteiger partial charge in [-0.15, -0.1) is 0 Å². The second kappa shape index (κ2) is 10.1. The molecule has 0 unspecified atom stereocenters. The van der Waals surface area contributed by atoms with Crippen LogP contribution in [0.15, 0.2) is 30.5 Å². The fourth-order valence-corrected chi connectivity index (χ4v) is 7.60. The van der Waals surface area contributed by atoms with Crippen LogP contribution in [0.5, 0.6) is 0 Å². The lowest BCUT2D eigenvalue weighted by Crippen LogP contribution is -2.50. The van der Waals surface area contributed by atoms with Crippen molar-refractivity contribution in [2.24, 2.45) is 5.92 Å². The van der Waals surface area contributed by atoms with Crippen molar-refractivity contribution < 1.29 is 31.3 Å². The quantitative estimate of drug-likeness (QED) is 0.315. The van der Waals surface area contributed by atoms with Gasteiger partial charge in [0, 0.05) is 55.1 Å². The molecular weight excluding hydrogens is 540 g/mol. The summed E-state index contributed by atoms with van der Waals surface area (Å²) in [5, 5.41) is 3.56. The van der Waals surface area contributed by atoms with Crippen LogP contribution in [0.3, 0.4) is 0 Å². The average molecular weight is 567 g/mol. The van der Waals surface area contributed by atoms with E-state index in [4.69, 9.17) is 0 Å². The molecule has 2 aliphatic rings. The molecule has 1 saturated carbocycles. The van der Waals surface area contributed by atoms with Crippen LogP contribution < -0.4 is 10.8 Å². The van der Waals surface area contributed by atoms with Gasteiger partial charge in [0.2, 0.25) is 11.8 Å². The number of hydrogen-bond donors (Lipinski definition) is 1. The number of amides is 1. The first-order valence-corrected chi connectivity index (χ1v) is 14.7. The number of nitrogens with zero attached hydrogens (tertiary/aromatic N) is 4. The molecule has 1 N–H and O–H groups in total. The van der Waals surface area contributed by atoms with Crippen LogP contribution in [0, 0.1) is 18.7 Å². The zero-order valence-corrected chi connectivity index (χ0v) is 22.2. The number of hydrogen-bond acceptors (Lipinski definition) is 6. The molecule has 1 aliphatic heterocycles. The Hall–Kier alpha value is -3.14. The van der Waals surface area contributed by atoms with Crippen LogP contribution in [0.2, 0.25) is 0 Å². The van der Waals surface area contributed by atoms with E-state index in [0.29, 0.717) is 28.0 Å². The van der Waals surface area contributed by atoms with Gasteiger partial charge < -0.3 is 14.8 Å². The standard InChI is InChI=1S/C26H27F5N5O2P/c1-14(17-4-3-5-18(22(17)27)23(28)29)33-24-19-10-21(32-13-20(19)34-15(2)35-24)39(38)8-6-36(7-9-39)25(37)16-11-26(30,31)12-16/h3-5,10,13-14,16,23H,6-9,11-12H2,1-2H3,(H,33,34,35)/t14-/m1/s1. The highest BCUT2D eigenvalue weighted by Gasteiger charge is 2.50. The third-order valence-corrected chi connectivity index (χ3v) is 10.3. The van der Waals surface area contributed by atoms with Gasteiger partial charge in [-0.25, -0.2) is 31.9 Å². The number of carbonyl (C=O) groups excluding carboxylic acids is 1. The van der Waals surface area contributed by atoms with E-state index >= 15 is 0 Å². The van der Waals surface area contributed by atoms with Crippen molar-refractivity contribution in [3.8, 4) is 0 Å². The van der Waals surface area contributed by atoms with Gasteiger partial charge in [-0.2, -0.15) is 0 Å². The van der Waals surface area contributed by atoms with E-state index in [9.17, 15) is 31.3 Å². The van der Waals surface area contributed by atoms with Gasteiger partial charge in [0.1, 0.15) is 30.0 Å². The number of anilines is 1. The molecule has 1 aliphatic carbocycles. The normalized spacial score (nSPS) is 19.6. The van der Waals surface area contributed by atoms with Crippen molar-refractivity contribution in [3.05, 3.63) is 53.2 Å². The number of halogens is 5. The summed E-state index contributed by atoms with van der Waals surface area (Å²) in [4.78, 5) is 27.2. The van der Waals surface area contributed by atoms with Crippen molar-refractivity contribution in [2.75, 3.05) is 30.7 Å². The molecule has 3 aromatic rings. The van der Waals surface area contributed by atoms with E-state index in [1.54, 1.807) is 19.9 Å². The Morgan fingerprint density at radius 2 is 1.82 bits per heavy atom. The Bertz CT molecular complexity index is 1470. The maximum Gasteiger partial charge on any atom is 0.266 e. The molecule has 3 heterocycles. The Balaban J connectivity index is 1.38. The zero-order valence-electron chi connectivity index (χ0n) is 21.3. The SMILES string of the molecule is Cc1nc(N[C@H](C)c2cccc(C(F)F)c2F)c2cc(P3(=O)CCN(C(=O)C4CC(F)(F)C4)CC3)ncc2n1. The van der Waals surface area contributed by atoms with Crippen molar-refractivity contribution in [3.63, 3.8) is 0 Å². The highest BCUT2D eigenvalue weighted by atomic mass is 31.2. The Labute approximate surface area is 221 Å². The summed E-state index contributed by atoms with van der Waals surface area (Å²) in [7, 11) is -3.02. The van der Waals surface area contributed by atoms with Gasteiger partial charge in [0.05, 0.1) is 23.3 Å².